The Morgan fingerprint density at radius 1 is 0.800 bits per heavy atom. The summed E-state index contributed by atoms with van der Waals surface area (Å²) < 4.78 is 50.7. The smallest absolute Gasteiger partial charge is 0.784 e. The molecular formula is H4CeNO6S2. The molecule has 0 fully saturated rings. The fraction of sp³-hybridized carbons (Fsp3) is 0. The fourth-order valence-corrected chi connectivity index (χ4v) is 0. The van der Waals surface area contributed by atoms with E-state index >= 15 is 0 Å². The molecule has 10 heteroatoms. The van der Waals surface area contributed by atoms with E-state index in [0.29, 0.717) is 0 Å². The topological polar surface area (TPSA) is 163 Å². The van der Waals surface area contributed by atoms with Gasteiger partial charge in [-0.25, -0.2) is 0 Å². The van der Waals surface area contributed by atoms with E-state index in [2.05, 4.69) is 0 Å². The van der Waals surface area contributed by atoms with Crippen LogP contribution in [0.15, 0.2) is 0 Å². The third-order valence-corrected chi connectivity index (χ3v) is 0. The van der Waals surface area contributed by atoms with Crippen molar-refractivity contribution in [2.45, 2.75) is 0 Å². The van der Waals surface area contributed by atoms with E-state index in [1.165, 1.54) is 0 Å². The second-order valence-electron chi connectivity index (χ2n) is 0.408. The van der Waals surface area contributed by atoms with Gasteiger partial charge in [-0.3, -0.25) is 8.42 Å². The van der Waals surface area contributed by atoms with Crippen LogP contribution < -0.4 is 6.15 Å². The van der Waals surface area contributed by atoms with E-state index in [9.17, 15) is 0 Å². The number of rotatable bonds is 0. The van der Waals surface area contributed by atoms with Crippen molar-refractivity contribution in [1.29, 1.82) is 0 Å². The van der Waals surface area contributed by atoms with E-state index in [4.69, 9.17) is 26.6 Å². The maximum absolute atomic E-state index is 8.44. The quantitative estimate of drug-likeness (QED) is 0.527. The molecule has 0 aromatic heterocycles. The van der Waals surface area contributed by atoms with Gasteiger partial charge in [0.05, 0.1) is 0 Å². The first-order valence-electron chi connectivity index (χ1n) is 1.00. The molecule has 0 aromatic rings. The van der Waals surface area contributed by atoms with Gasteiger partial charge in [-0.2, -0.15) is 0 Å². The van der Waals surface area contributed by atoms with Crippen LogP contribution in [0.25, 0.3) is 0 Å². The molecule has 0 saturated heterocycles. The summed E-state index contributed by atoms with van der Waals surface area (Å²) in [4.78, 5) is 0. The molecule has 7 nitrogen and oxygen atoms in total. The van der Waals surface area contributed by atoms with Crippen LogP contribution in [0.2, 0.25) is 0 Å². The van der Waals surface area contributed by atoms with E-state index in [0.717, 1.165) is 0 Å². The minimum absolute atomic E-state index is 0. The predicted molar refractivity (Wildman–Crippen MR) is 25.4 cm³/mol. The Morgan fingerprint density at radius 3 is 0.800 bits per heavy atom. The molecule has 0 heterocycles. The molecule has 0 aliphatic heterocycles. The maximum Gasteiger partial charge on any atom is 3.00 e. The molecule has 10 heavy (non-hydrogen) atoms. The zero-order chi connectivity index (χ0) is 7.15. The van der Waals surface area contributed by atoms with Crippen LogP contribution in [0.5, 0.6) is 0 Å². The first-order chi connectivity index (χ1) is 3.46. The SMILES string of the molecule is O=S([O-])[O-].O=S([O-])[O-].[Ce+3].[NH4+]. The van der Waals surface area contributed by atoms with Crippen molar-refractivity contribution in [3.05, 3.63) is 0 Å². The van der Waals surface area contributed by atoms with Gasteiger partial charge < -0.3 is 24.4 Å². The van der Waals surface area contributed by atoms with E-state index in [1.807, 2.05) is 0 Å². The zero-order valence-corrected chi connectivity index (χ0v) is 9.54. The van der Waals surface area contributed by atoms with Crippen molar-refractivity contribution in [3.63, 3.8) is 0 Å². The first kappa shape index (κ1) is 22.5. The summed E-state index contributed by atoms with van der Waals surface area (Å²) in [5.41, 5.74) is 0. The molecule has 61 valence electrons. The first-order valence-corrected chi connectivity index (χ1v) is 3.00. The van der Waals surface area contributed by atoms with Gasteiger partial charge in [0.2, 0.25) is 0 Å². The van der Waals surface area contributed by atoms with Gasteiger partial charge in [0, 0.05) is 0 Å². The van der Waals surface area contributed by atoms with Gasteiger partial charge in [0.1, 0.15) is 0 Å². The van der Waals surface area contributed by atoms with Crippen molar-refractivity contribution in [2.24, 2.45) is 0 Å². The number of hydrogen-bond donors (Lipinski definition) is 1. The Kier molecular flexibility index (Phi) is 37.9. The van der Waals surface area contributed by atoms with Crippen LogP contribution in [-0.2, 0) is 22.7 Å². The van der Waals surface area contributed by atoms with Crippen molar-refractivity contribution < 1.29 is 68.4 Å². The molecule has 4 N–H and O–H groups in total. The molecule has 0 atom stereocenters. The Labute approximate surface area is 96.2 Å². The van der Waals surface area contributed by atoms with Crippen molar-refractivity contribution in [1.82, 2.24) is 6.15 Å². The Hall–Kier alpha value is 1.48. The number of hydrogen-bond acceptors (Lipinski definition) is 6. The van der Waals surface area contributed by atoms with Crippen LogP contribution >= 0.6 is 0 Å². The molecule has 0 unspecified atom stereocenters. The molecule has 0 bridgehead atoms. The summed E-state index contributed by atoms with van der Waals surface area (Å²) in [5, 5.41) is 0. The van der Waals surface area contributed by atoms with Gasteiger partial charge in [0.15, 0.2) is 0 Å². The van der Waals surface area contributed by atoms with Crippen LogP contribution in [0.1, 0.15) is 0 Å². The van der Waals surface area contributed by atoms with Gasteiger partial charge in [0.25, 0.3) is 0 Å². The summed E-state index contributed by atoms with van der Waals surface area (Å²) in [6, 6.07) is 0. The van der Waals surface area contributed by atoms with Crippen molar-refractivity contribution >= 4 is 22.7 Å². The molecule has 0 spiro atoms. The van der Waals surface area contributed by atoms with E-state index in [1.54, 1.807) is 0 Å². The van der Waals surface area contributed by atoms with Crippen LogP contribution in [0.3, 0.4) is 0 Å². The molecular weight excluding hydrogens is 314 g/mol. The Bertz CT molecular complexity index is 73.7. The van der Waals surface area contributed by atoms with Gasteiger partial charge in [-0.1, -0.05) is 0 Å². The summed E-state index contributed by atoms with van der Waals surface area (Å²) >= 11 is -6.22. The predicted octanol–water partition coefficient (Wildman–Crippen LogP) is -1.63. The van der Waals surface area contributed by atoms with Crippen molar-refractivity contribution in [2.75, 3.05) is 0 Å². The summed E-state index contributed by atoms with van der Waals surface area (Å²) in [6.45, 7) is 0. The Morgan fingerprint density at radius 2 is 0.800 bits per heavy atom. The minimum Gasteiger partial charge on any atom is -0.784 e. The molecule has 0 amide bonds. The van der Waals surface area contributed by atoms with E-state index < -0.39 is 22.7 Å². The third kappa shape index (κ3) is 312. The standard InChI is InChI=1S/Ce.H3N.2H2O3S/c;;2*1-4(2)3/h;1H3;2*(H2,1,2,3)/q+3;;;/p-3. The average Bonchev–Trinajstić information content (AvgIpc) is 1.25. The molecule has 0 rings (SSSR count). The second-order valence-corrected chi connectivity index (χ2v) is 1.22. The van der Waals surface area contributed by atoms with Crippen LogP contribution in [0.4, 0.5) is 0 Å². The fourth-order valence-electron chi connectivity index (χ4n) is 0. The maximum atomic E-state index is 8.44. The molecule has 0 aliphatic rings. The van der Waals surface area contributed by atoms with Gasteiger partial charge >= 0.3 is 41.7 Å². The normalized spacial score (nSPS) is 7.00. The molecule has 1 radical (unpaired) electrons. The summed E-state index contributed by atoms with van der Waals surface area (Å²) in [7, 11) is 0. The zero-order valence-electron chi connectivity index (χ0n) is 4.77. The van der Waals surface area contributed by atoms with Crippen LogP contribution in [-0.4, -0.2) is 26.6 Å². The third-order valence-electron chi connectivity index (χ3n) is 0. The monoisotopic (exact) mass is 318 g/mol. The minimum atomic E-state index is -3.11. The Balaban J connectivity index is -0.0000000300. The molecule has 0 aliphatic carbocycles. The summed E-state index contributed by atoms with van der Waals surface area (Å²) in [6.07, 6.45) is 0. The molecule has 0 aromatic carbocycles. The average molecular weight is 318 g/mol. The van der Waals surface area contributed by atoms with E-state index in [-0.39, 0.29) is 47.9 Å². The van der Waals surface area contributed by atoms with Gasteiger partial charge in [-0.15, -0.1) is 22.7 Å². The van der Waals surface area contributed by atoms with Crippen LogP contribution in [0, 0.1) is 41.7 Å². The largest absolute Gasteiger partial charge is 3.00 e. The van der Waals surface area contributed by atoms with Gasteiger partial charge in [-0.05, 0) is 0 Å². The second kappa shape index (κ2) is 16.8. The van der Waals surface area contributed by atoms with Crippen molar-refractivity contribution in [3.8, 4) is 0 Å². The number of quaternary nitrogens is 1. The molecule has 0 saturated carbocycles. The summed E-state index contributed by atoms with van der Waals surface area (Å²) in [5.74, 6) is 0.